The highest BCUT2D eigenvalue weighted by Crippen LogP contribution is 2.31. The minimum atomic E-state index is -0.273. The van der Waals surface area contributed by atoms with E-state index in [1.54, 1.807) is 23.5 Å². The molecule has 1 aliphatic rings. The Morgan fingerprint density at radius 1 is 1.11 bits per heavy atom. The maximum atomic E-state index is 12.9. The van der Waals surface area contributed by atoms with Crippen LogP contribution in [0.1, 0.15) is 18.4 Å². The molecule has 2 heterocycles. The number of rotatable bonds is 5. The highest BCUT2D eigenvalue weighted by Gasteiger charge is 2.22. The number of hydrogen-bond acceptors (Lipinski definition) is 4. The van der Waals surface area contributed by atoms with Crippen molar-refractivity contribution in [3.05, 3.63) is 59.9 Å². The first-order valence-corrected chi connectivity index (χ1v) is 10.4. The third-order valence-electron chi connectivity index (χ3n) is 5.09. The predicted octanol–water partition coefficient (Wildman–Crippen LogP) is 4.15. The maximum Gasteiger partial charge on any atom is 0.315 e. The summed E-state index contributed by atoms with van der Waals surface area (Å²) in [5, 5.41) is 6.86. The smallest absolute Gasteiger partial charge is 0.315 e. The molecule has 5 nitrogen and oxygen atoms in total. The van der Waals surface area contributed by atoms with Crippen LogP contribution in [0, 0.1) is 11.7 Å². The zero-order valence-corrected chi connectivity index (χ0v) is 16.3. The summed E-state index contributed by atoms with van der Waals surface area (Å²) in [6.45, 7) is 2.98. The molecule has 1 saturated heterocycles. The number of benzene rings is 2. The third-order valence-corrected chi connectivity index (χ3v) is 6.18. The van der Waals surface area contributed by atoms with Crippen LogP contribution >= 0.6 is 11.3 Å². The van der Waals surface area contributed by atoms with Crippen LogP contribution in [0.15, 0.2) is 48.5 Å². The summed E-state index contributed by atoms with van der Waals surface area (Å²) in [7, 11) is 0. The molecule has 3 aromatic rings. The van der Waals surface area contributed by atoms with Gasteiger partial charge in [0.2, 0.25) is 0 Å². The molecule has 1 fully saturated rings. The first kappa shape index (κ1) is 18.7. The number of halogens is 1. The van der Waals surface area contributed by atoms with Crippen molar-refractivity contribution in [1.29, 1.82) is 0 Å². The van der Waals surface area contributed by atoms with E-state index in [0.29, 0.717) is 19.0 Å². The SMILES string of the molecule is O=C(NCc1ccc(F)cc1)NCC1CCN(c2nc3ccccc3s2)CC1. The summed E-state index contributed by atoms with van der Waals surface area (Å²) in [5.74, 6) is 0.201. The van der Waals surface area contributed by atoms with Gasteiger partial charge in [0, 0.05) is 26.2 Å². The zero-order chi connectivity index (χ0) is 19.3. The highest BCUT2D eigenvalue weighted by atomic mass is 32.1. The van der Waals surface area contributed by atoms with Crippen molar-refractivity contribution < 1.29 is 9.18 Å². The van der Waals surface area contributed by atoms with Gasteiger partial charge in [-0.1, -0.05) is 35.6 Å². The minimum Gasteiger partial charge on any atom is -0.348 e. The third kappa shape index (κ3) is 4.59. The maximum absolute atomic E-state index is 12.9. The van der Waals surface area contributed by atoms with Gasteiger partial charge in [-0.15, -0.1) is 0 Å². The molecular formula is C21H23FN4OS. The molecule has 0 aliphatic carbocycles. The Labute approximate surface area is 167 Å². The summed E-state index contributed by atoms with van der Waals surface area (Å²) in [4.78, 5) is 19.1. The molecule has 2 N–H and O–H groups in total. The van der Waals surface area contributed by atoms with Crippen LogP contribution in [0.2, 0.25) is 0 Å². The van der Waals surface area contributed by atoms with Crippen molar-refractivity contribution >= 4 is 32.7 Å². The van der Waals surface area contributed by atoms with Crippen molar-refractivity contribution in [3.8, 4) is 0 Å². The van der Waals surface area contributed by atoms with Gasteiger partial charge in [-0.05, 0) is 48.6 Å². The summed E-state index contributed by atoms with van der Waals surface area (Å²) in [6.07, 6.45) is 2.07. The molecule has 28 heavy (non-hydrogen) atoms. The standard InChI is InChI=1S/C21H23FN4OS/c22-17-7-5-15(6-8-17)13-23-20(27)24-14-16-9-11-26(12-10-16)21-25-18-3-1-2-4-19(18)28-21/h1-8,16H,9-14H2,(H2,23,24,27). The van der Waals surface area contributed by atoms with Crippen LogP contribution in [0.3, 0.4) is 0 Å². The quantitative estimate of drug-likeness (QED) is 0.679. The second-order valence-electron chi connectivity index (χ2n) is 7.08. The largest absolute Gasteiger partial charge is 0.348 e. The lowest BCUT2D eigenvalue weighted by Crippen LogP contribution is -2.41. The first-order valence-electron chi connectivity index (χ1n) is 9.54. The predicted molar refractivity (Wildman–Crippen MR) is 111 cm³/mol. The van der Waals surface area contributed by atoms with Gasteiger partial charge in [-0.2, -0.15) is 0 Å². The minimum absolute atomic E-state index is 0.182. The first-order chi connectivity index (χ1) is 13.7. The average Bonchev–Trinajstić information content (AvgIpc) is 3.16. The molecule has 0 unspecified atom stereocenters. The summed E-state index contributed by atoms with van der Waals surface area (Å²) in [5.41, 5.74) is 1.94. The molecule has 146 valence electrons. The van der Waals surface area contributed by atoms with Crippen LogP contribution in [0.25, 0.3) is 10.2 Å². The molecule has 2 amide bonds. The number of para-hydroxylation sites is 1. The van der Waals surface area contributed by atoms with Gasteiger partial charge in [0.05, 0.1) is 10.2 Å². The Hall–Kier alpha value is -2.67. The van der Waals surface area contributed by atoms with Gasteiger partial charge in [-0.25, -0.2) is 14.2 Å². The van der Waals surface area contributed by atoms with Crippen LogP contribution in [-0.2, 0) is 6.54 Å². The van der Waals surface area contributed by atoms with Crippen molar-refractivity contribution in [2.75, 3.05) is 24.5 Å². The molecule has 7 heteroatoms. The number of nitrogens with one attached hydrogen (secondary N) is 2. The molecule has 1 aromatic heterocycles. The normalized spacial score (nSPS) is 15.0. The Morgan fingerprint density at radius 2 is 1.86 bits per heavy atom. The van der Waals surface area contributed by atoms with E-state index < -0.39 is 0 Å². The fraction of sp³-hybridized carbons (Fsp3) is 0.333. The number of anilines is 1. The topological polar surface area (TPSA) is 57.3 Å². The number of piperidine rings is 1. The van der Waals surface area contributed by atoms with E-state index in [9.17, 15) is 9.18 Å². The van der Waals surface area contributed by atoms with Crippen molar-refractivity contribution in [2.45, 2.75) is 19.4 Å². The Balaban J connectivity index is 1.20. The highest BCUT2D eigenvalue weighted by molar-refractivity contribution is 7.22. The molecular weight excluding hydrogens is 375 g/mol. The van der Waals surface area contributed by atoms with Crippen LogP contribution < -0.4 is 15.5 Å². The van der Waals surface area contributed by atoms with E-state index in [2.05, 4.69) is 27.7 Å². The molecule has 0 radical (unpaired) electrons. The summed E-state index contributed by atoms with van der Waals surface area (Å²) >= 11 is 1.74. The van der Waals surface area contributed by atoms with Crippen molar-refractivity contribution in [2.24, 2.45) is 5.92 Å². The second-order valence-corrected chi connectivity index (χ2v) is 8.09. The molecule has 0 bridgehead atoms. The van der Waals surface area contributed by atoms with Gasteiger partial charge >= 0.3 is 6.03 Å². The molecule has 0 saturated carbocycles. The number of amides is 2. The molecule has 1 aliphatic heterocycles. The Kier molecular flexibility index (Phi) is 5.71. The van der Waals surface area contributed by atoms with Crippen molar-refractivity contribution in [3.63, 3.8) is 0 Å². The van der Waals surface area contributed by atoms with E-state index in [1.807, 2.05) is 12.1 Å². The van der Waals surface area contributed by atoms with E-state index in [0.717, 1.165) is 42.1 Å². The summed E-state index contributed by atoms with van der Waals surface area (Å²) in [6, 6.07) is 14.2. The lowest BCUT2D eigenvalue weighted by atomic mass is 9.97. The van der Waals surface area contributed by atoms with Crippen molar-refractivity contribution in [1.82, 2.24) is 15.6 Å². The van der Waals surface area contributed by atoms with Gasteiger partial charge < -0.3 is 15.5 Å². The van der Waals surface area contributed by atoms with E-state index in [4.69, 9.17) is 4.98 Å². The number of aromatic nitrogens is 1. The fourth-order valence-corrected chi connectivity index (χ4v) is 4.43. The van der Waals surface area contributed by atoms with Gasteiger partial charge in [0.1, 0.15) is 5.82 Å². The number of carbonyl (C=O) groups is 1. The van der Waals surface area contributed by atoms with E-state index in [1.165, 1.54) is 16.8 Å². The number of carbonyl (C=O) groups excluding carboxylic acids is 1. The number of urea groups is 1. The number of thiazole rings is 1. The van der Waals surface area contributed by atoms with Crippen LogP contribution in [0.4, 0.5) is 14.3 Å². The number of nitrogens with zero attached hydrogens (tertiary/aromatic N) is 2. The lowest BCUT2D eigenvalue weighted by molar-refractivity contribution is 0.237. The molecule has 0 spiro atoms. The summed E-state index contributed by atoms with van der Waals surface area (Å²) < 4.78 is 14.1. The Morgan fingerprint density at radius 3 is 2.61 bits per heavy atom. The molecule has 0 atom stereocenters. The van der Waals surface area contributed by atoms with E-state index in [-0.39, 0.29) is 11.8 Å². The number of fused-ring (bicyclic) bond motifs is 1. The van der Waals surface area contributed by atoms with Gasteiger partial charge in [0.25, 0.3) is 0 Å². The Bertz CT molecular complexity index is 902. The van der Waals surface area contributed by atoms with Gasteiger partial charge in [-0.3, -0.25) is 0 Å². The average molecular weight is 399 g/mol. The fourth-order valence-electron chi connectivity index (χ4n) is 3.41. The lowest BCUT2D eigenvalue weighted by Gasteiger charge is -2.31. The van der Waals surface area contributed by atoms with E-state index >= 15 is 0 Å². The zero-order valence-electron chi connectivity index (χ0n) is 15.5. The monoisotopic (exact) mass is 398 g/mol. The number of hydrogen-bond donors (Lipinski definition) is 2. The second kappa shape index (κ2) is 8.56. The molecule has 2 aromatic carbocycles. The van der Waals surface area contributed by atoms with Crippen LogP contribution in [0.5, 0.6) is 0 Å². The van der Waals surface area contributed by atoms with Gasteiger partial charge in [0.15, 0.2) is 5.13 Å². The molecule has 4 rings (SSSR count). The van der Waals surface area contributed by atoms with Crippen LogP contribution in [-0.4, -0.2) is 30.6 Å².